The predicted octanol–water partition coefficient (Wildman–Crippen LogP) is 4.42. The van der Waals surface area contributed by atoms with Gasteiger partial charge in [0.05, 0.1) is 31.8 Å². The van der Waals surface area contributed by atoms with Gasteiger partial charge in [-0.1, -0.05) is 23.7 Å². The van der Waals surface area contributed by atoms with E-state index in [1.807, 2.05) is 30.3 Å². The van der Waals surface area contributed by atoms with Gasteiger partial charge in [-0.05, 0) is 47.7 Å². The van der Waals surface area contributed by atoms with E-state index in [4.69, 9.17) is 21.1 Å². The summed E-state index contributed by atoms with van der Waals surface area (Å²) < 4.78 is 11.0. The fourth-order valence-corrected chi connectivity index (χ4v) is 4.34. The number of hydrogen-bond donors (Lipinski definition) is 0. The summed E-state index contributed by atoms with van der Waals surface area (Å²) in [6.45, 7) is 3.26. The lowest BCUT2D eigenvalue weighted by molar-refractivity contribution is -0.123. The Morgan fingerprint density at radius 2 is 1.87 bits per heavy atom. The molecule has 8 heteroatoms. The molecule has 2 aliphatic rings. The van der Waals surface area contributed by atoms with E-state index in [0.29, 0.717) is 28.9 Å². The number of amides is 2. The number of halogens is 1. The highest BCUT2D eigenvalue weighted by Crippen LogP contribution is 2.36. The third-order valence-corrected chi connectivity index (χ3v) is 6.17. The standard InChI is InChI=1S/C22H21ClN2O4S/c1-28-19-13-18(24-8-10-29-11-9-24)7-4-16(19)12-20-21(26)25(22(27)30-20)14-15-2-5-17(23)6-3-15/h2-7,12-13H,8-11,14H2,1H3/b20-12-. The first kappa shape index (κ1) is 20.8. The molecule has 0 N–H and O–H groups in total. The van der Waals surface area contributed by atoms with Crippen molar-refractivity contribution in [3.05, 3.63) is 63.5 Å². The van der Waals surface area contributed by atoms with Crippen molar-refractivity contribution < 1.29 is 19.1 Å². The van der Waals surface area contributed by atoms with E-state index < -0.39 is 0 Å². The van der Waals surface area contributed by atoms with Crippen LogP contribution >= 0.6 is 23.4 Å². The highest BCUT2D eigenvalue weighted by atomic mass is 35.5. The monoisotopic (exact) mass is 444 g/mol. The molecule has 2 fully saturated rings. The van der Waals surface area contributed by atoms with Crippen LogP contribution in [0.5, 0.6) is 5.75 Å². The molecule has 2 aromatic carbocycles. The zero-order chi connectivity index (χ0) is 21.1. The number of ether oxygens (including phenoxy) is 2. The number of imide groups is 1. The van der Waals surface area contributed by atoms with E-state index in [0.717, 1.165) is 41.7 Å². The largest absolute Gasteiger partial charge is 0.496 e. The summed E-state index contributed by atoms with van der Waals surface area (Å²) in [5.41, 5.74) is 2.64. The minimum atomic E-state index is -0.306. The molecule has 156 valence electrons. The summed E-state index contributed by atoms with van der Waals surface area (Å²) >= 11 is 6.85. The van der Waals surface area contributed by atoms with Crippen molar-refractivity contribution in [1.29, 1.82) is 0 Å². The molecule has 2 amide bonds. The molecule has 0 bridgehead atoms. The summed E-state index contributed by atoms with van der Waals surface area (Å²) in [6, 6.07) is 13.0. The molecule has 0 unspecified atom stereocenters. The number of carbonyl (C=O) groups is 2. The van der Waals surface area contributed by atoms with E-state index >= 15 is 0 Å². The van der Waals surface area contributed by atoms with Crippen LogP contribution in [0.25, 0.3) is 6.08 Å². The Balaban J connectivity index is 1.54. The Hall–Kier alpha value is -2.48. The number of benzene rings is 2. The third-order valence-electron chi connectivity index (χ3n) is 5.01. The van der Waals surface area contributed by atoms with Gasteiger partial charge in [-0.25, -0.2) is 0 Å². The third kappa shape index (κ3) is 4.48. The Morgan fingerprint density at radius 3 is 2.57 bits per heavy atom. The first-order valence-corrected chi connectivity index (χ1v) is 10.7. The highest BCUT2D eigenvalue weighted by molar-refractivity contribution is 8.18. The van der Waals surface area contributed by atoms with Crippen LogP contribution in [0.15, 0.2) is 47.4 Å². The van der Waals surface area contributed by atoms with Crippen molar-refractivity contribution in [3.8, 4) is 5.75 Å². The molecule has 4 rings (SSSR count). The summed E-state index contributed by atoms with van der Waals surface area (Å²) in [5.74, 6) is 0.350. The number of nitrogens with zero attached hydrogens (tertiary/aromatic N) is 2. The first-order chi connectivity index (χ1) is 14.5. The van der Waals surface area contributed by atoms with E-state index in [9.17, 15) is 9.59 Å². The molecule has 0 atom stereocenters. The maximum Gasteiger partial charge on any atom is 0.293 e. The van der Waals surface area contributed by atoms with Gasteiger partial charge in [0.2, 0.25) is 0 Å². The van der Waals surface area contributed by atoms with E-state index in [-0.39, 0.29) is 17.7 Å². The van der Waals surface area contributed by atoms with Crippen LogP contribution in [0, 0.1) is 0 Å². The minimum absolute atomic E-state index is 0.215. The van der Waals surface area contributed by atoms with Crippen molar-refractivity contribution in [1.82, 2.24) is 4.90 Å². The number of rotatable bonds is 5. The Kier molecular flexibility index (Phi) is 6.32. The van der Waals surface area contributed by atoms with Crippen molar-refractivity contribution >= 4 is 46.3 Å². The van der Waals surface area contributed by atoms with Crippen molar-refractivity contribution in [3.63, 3.8) is 0 Å². The maximum absolute atomic E-state index is 12.8. The quantitative estimate of drug-likeness (QED) is 0.636. The lowest BCUT2D eigenvalue weighted by Gasteiger charge is -2.29. The first-order valence-electron chi connectivity index (χ1n) is 9.56. The summed E-state index contributed by atoms with van der Waals surface area (Å²) in [7, 11) is 1.60. The maximum atomic E-state index is 12.8. The highest BCUT2D eigenvalue weighted by Gasteiger charge is 2.35. The van der Waals surface area contributed by atoms with Gasteiger partial charge < -0.3 is 14.4 Å². The smallest absolute Gasteiger partial charge is 0.293 e. The number of morpholine rings is 1. The van der Waals surface area contributed by atoms with Crippen molar-refractivity contribution in [2.45, 2.75) is 6.54 Å². The second-order valence-corrected chi connectivity index (χ2v) is 8.35. The van der Waals surface area contributed by atoms with E-state index in [1.54, 1.807) is 25.3 Å². The van der Waals surface area contributed by atoms with Crippen LogP contribution in [0.4, 0.5) is 10.5 Å². The molecule has 6 nitrogen and oxygen atoms in total. The number of thioether (sulfide) groups is 1. The molecule has 2 heterocycles. The van der Waals surface area contributed by atoms with Gasteiger partial charge in [-0.15, -0.1) is 0 Å². The molecule has 2 aromatic rings. The lowest BCUT2D eigenvalue weighted by Crippen LogP contribution is -2.36. The molecule has 2 aliphatic heterocycles. The zero-order valence-electron chi connectivity index (χ0n) is 16.5. The average Bonchev–Trinajstić information content (AvgIpc) is 3.03. The summed E-state index contributed by atoms with van der Waals surface area (Å²) in [4.78, 5) is 29.1. The van der Waals surface area contributed by atoms with Gasteiger partial charge in [0.15, 0.2) is 0 Å². The number of anilines is 1. The van der Waals surface area contributed by atoms with Crippen molar-refractivity contribution in [2.75, 3.05) is 38.3 Å². The Bertz CT molecular complexity index is 987. The van der Waals surface area contributed by atoms with Crippen LogP contribution in [0.1, 0.15) is 11.1 Å². The number of methoxy groups -OCH3 is 1. The van der Waals surface area contributed by atoms with Crippen molar-refractivity contribution in [2.24, 2.45) is 0 Å². The SMILES string of the molecule is COc1cc(N2CCOCC2)ccc1/C=C1\SC(=O)N(Cc2ccc(Cl)cc2)C1=O. The van der Waals surface area contributed by atoms with Gasteiger partial charge in [0.1, 0.15) is 5.75 Å². The summed E-state index contributed by atoms with van der Waals surface area (Å²) in [6.07, 6.45) is 1.72. The Labute approximate surface area is 184 Å². The van der Waals surface area contributed by atoms with Crippen LogP contribution < -0.4 is 9.64 Å². The Morgan fingerprint density at radius 1 is 1.13 bits per heavy atom. The average molecular weight is 445 g/mol. The van der Waals surface area contributed by atoms with Gasteiger partial charge in [-0.2, -0.15) is 0 Å². The van der Waals surface area contributed by atoms with Gasteiger partial charge in [-0.3, -0.25) is 14.5 Å². The van der Waals surface area contributed by atoms with Crippen LogP contribution in [-0.4, -0.2) is 49.5 Å². The van der Waals surface area contributed by atoms with Gasteiger partial charge in [0.25, 0.3) is 11.1 Å². The minimum Gasteiger partial charge on any atom is -0.496 e. The molecule has 0 spiro atoms. The molecule has 0 saturated carbocycles. The van der Waals surface area contributed by atoms with E-state index in [1.165, 1.54) is 4.90 Å². The molecule has 0 radical (unpaired) electrons. The zero-order valence-corrected chi connectivity index (χ0v) is 18.0. The molecule has 0 aromatic heterocycles. The molecular formula is C22H21ClN2O4S. The van der Waals surface area contributed by atoms with Crippen LogP contribution in [0.3, 0.4) is 0 Å². The van der Waals surface area contributed by atoms with Gasteiger partial charge >= 0.3 is 0 Å². The normalized spacial score (nSPS) is 18.4. The number of carbonyl (C=O) groups excluding carboxylic acids is 2. The second-order valence-electron chi connectivity index (χ2n) is 6.92. The van der Waals surface area contributed by atoms with Crippen LogP contribution in [-0.2, 0) is 16.1 Å². The fraction of sp³-hybridized carbons (Fsp3) is 0.273. The van der Waals surface area contributed by atoms with Gasteiger partial charge in [0, 0.05) is 35.4 Å². The predicted molar refractivity (Wildman–Crippen MR) is 119 cm³/mol. The van der Waals surface area contributed by atoms with Crippen LogP contribution in [0.2, 0.25) is 5.02 Å². The molecule has 2 saturated heterocycles. The fourth-order valence-electron chi connectivity index (χ4n) is 3.39. The molecular weight excluding hydrogens is 424 g/mol. The topological polar surface area (TPSA) is 59.1 Å². The lowest BCUT2D eigenvalue weighted by atomic mass is 10.1. The summed E-state index contributed by atoms with van der Waals surface area (Å²) in [5, 5.41) is 0.325. The number of hydrogen-bond acceptors (Lipinski definition) is 6. The molecule has 0 aliphatic carbocycles. The molecule has 30 heavy (non-hydrogen) atoms. The van der Waals surface area contributed by atoms with E-state index in [2.05, 4.69) is 4.90 Å². The second kappa shape index (κ2) is 9.12.